The summed E-state index contributed by atoms with van der Waals surface area (Å²) in [6.45, 7) is 1.27. The highest BCUT2D eigenvalue weighted by atomic mass is 19.1. The van der Waals surface area contributed by atoms with E-state index in [2.05, 4.69) is 20.6 Å². The molecule has 29 heavy (non-hydrogen) atoms. The molecule has 2 heterocycles. The molecule has 0 saturated carbocycles. The number of hydrogen-bond acceptors (Lipinski definition) is 3. The number of amides is 1. The Morgan fingerprint density at radius 2 is 2.00 bits per heavy atom. The molecule has 2 aromatic heterocycles. The summed E-state index contributed by atoms with van der Waals surface area (Å²) in [5, 5.41) is 7.33. The molecule has 1 amide bonds. The Labute approximate surface area is 169 Å². The summed E-state index contributed by atoms with van der Waals surface area (Å²) in [4.78, 5) is 20.9. The molecule has 0 aliphatic heterocycles. The second-order valence-corrected chi connectivity index (χ2v) is 6.89. The summed E-state index contributed by atoms with van der Waals surface area (Å²) >= 11 is 0. The number of hydrogen-bond donors (Lipinski definition) is 3. The topological polar surface area (TPSA) is 85.7 Å². The normalized spacial score (nSPS) is 11.6. The third kappa shape index (κ3) is 5.84. The Bertz CT molecular complexity index is 963. The van der Waals surface area contributed by atoms with Gasteiger partial charge >= 0.3 is 0 Å². The highest BCUT2D eigenvalue weighted by molar-refractivity contribution is 5.85. The van der Waals surface area contributed by atoms with Gasteiger partial charge in [0.1, 0.15) is 18.1 Å². The predicted octanol–water partition coefficient (Wildman–Crippen LogP) is 2.31. The number of fused-ring (bicyclic) bond motifs is 1. The smallest absolute Gasteiger partial charge is 0.243 e. The number of benzene rings is 1. The number of nitrogens with one attached hydrogen (secondary N) is 3. The number of aromatic amines is 1. The second kappa shape index (κ2) is 9.77. The molecule has 0 fully saturated rings. The van der Waals surface area contributed by atoms with Crippen molar-refractivity contribution in [2.45, 2.75) is 12.8 Å². The van der Waals surface area contributed by atoms with Gasteiger partial charge in [0.2, 0.25) is 5.91 Å². The van der Waals surface area contributed by atoms with Crippen molar-refractivity contribution < 1.29 is 13.6 Å². The predicted molar refractivity (Wildman–Crippen MR) is 111 cm³/mol. The first-order valence-electron chi connectivity index (χ1n) is 9.53. The lowest BCUT2D eigenvalue weighted by atomic mass is 10.1. The van der Waals surface area contributed by atoms with Crippen LogP contribution < -0.4 is 10.6 Å². The molecule has 0 spiro atoms. The van der Waals surface area contributed by atoms with Crippen molar-refractivity contribution in [1.29, 1.82) is 0 Å². The van der Waals surface area contributed by atoms with E-state index in [0.717, 1.165) is 22.2 Å². The number of carbonyl (C=O) groups excluding carboxylic acids is 1. The minimum atomic E-state index is -0.254. The van der Waals surface area contributed by atoms with Crippen molar-refractivity contribution in [2.75, 3.05) is 33.7 Å². The zero-order chi connectivity index (χ0) is 20.6. The van der Waals surface area contributed by atoms with Gasteiger partial charge in [-0.1, -0.05) is 0 Å². The molecule has 3 aromatic rings. The highest BCUT2D eigenvalue weighted by Gasteiger charge is 2.07. The molecule has 0 radical (unpaired) electrons. The first-order valence-corrected chi connectivity index (χ1v) is 9.53. The number of H-pyrrole nitrogens is 1. The van der Waals surface area contributed by atoms with Crippen LogP contribution in [0.1, 0.15) is 11.3 Å². The first kappa shape index (κ1) is 20.4. The Morgan fingerprint density at radius 1 is 1.21 bits per heavy atom. The molecule has 0 unspecified atom stereocenters. The van der Waals surface area contributed by atoms with Gasteiger partial charge in [0, 0.05) is 50.7 Å². The molecular weight excluding hydrogens is 373 g/mol. The average molecular weight is 399 g/mol. The van der Waals surface area contributed by atoms with Gasteiger partial charge < -0.3 is 24.9 Å². The van der Waals surface area contributed by atoms with E-state index in [4.69, 9.17) is 4.42 Å². The van der Waals surface area contributed by atoms with Crippen LogP contribution in [0.5, 0.6) is 0 Å². The molecule has 3 rings (SSSR count). The van der Waals surface area contributed by atoms with Crippen LogP contribution in [0, 0.1) is 5.82 Å². The van der Waals surface area contributed by atoms with Gasteiger partial charge in [-0.25, -0.2) is 9.38 Å². The van der Waals surface area contributed by atoms with Gasteiger partial charge in [-0.2, -0.15) is 0 Å². The van der Waals surface area contributed by atoms with Gasteiger partial charge in [0.05, 0.1) is 6.26 Å². The Balaban J connectivity index is 1.58. The van der Waals surface area contributed by atoms with Gasteiger partial charge in [0.15, 0.2) is 5.96 Å². The fourth-order valence-electron chi connectivity index (χ4n) is 2.89. The molecule has 3 N–H and O–H groups in total. The van der Waals surface area contributed by atoms with E-state index < -0.39 is 0 Å². The molecule has 7 nitrogen and oxygen atoms in total. The van der Waals surface area contributed by atoms with Crippen LogP contribution in [0.15, 0.2) is 52.2 Å². The SMILES string of the molecule is CN(C)C(=O)CN=C(NCCc1ccco1)NCCc1c[nH]c2ccc(F)cc12. The molecule has 0 atom stereocenters. The second-order valence-electron chi connectivity index (χ2n) is 6.89. The lowest BCUT2D eigenvalue weighted by Gasteiger charge is -2.13. The van der Waals surface area contributed by atoms with Crippen LogP contribution in [-0.2, 0) is 17.6 Å². The van der Waals surface area contributed by atoms with Crippen molar-refractivity contribution in [1.82, 2.24) is 20.5 Å². The number of aliphatic imine (C=N–C) groups is 1. The number of halogens is 1. The van der Waals surface area contributed by atoms with Crippen LogP contribution in [0.2, 0.25) is 0 Å². The van der Waals surface area contributed by atoms with E-state index >= 15 is 0 Å². The summed E-state index contributed by atoms with van der Waals surface area (Å²) in [5.74, 6) is 1.10. The van der Waals surface area contributed by atoms with E-state index in [1.54, 1.807) is 26.4 Å². The van der Waals surface area contributed by atoms with E-state index in [1.807, 2.05) is 18.3 Å². The maximum Gasteiger partial charge on any atom is 0.243 e. The zero-order valence-electron chi connectivity index (χ0n) is 16.7. The average Bonchev–Trinajstić information content (AvgIpc) is 3.35. The van der Waals surface area contributed by atoms with E-state index in [1.165, 1.54) is 17.0 Å². The number of rotatable bonds is 8. The number of nitrogens with zero attached hydrogens (tertiary/aromatic N) is 2. The van der Waals surface area contributed by atoms with E-state index in [-0.39, 0.29) is 18.3 Å². The molecule has 8 heteroatoms. The minimum Gasteiger partial charge on any atom is -0.469 e. The van der Waals surface area contributed by atoms with Crippen LogP contribution in [0.25, 0.3) is 10.9 Å². The largest absolute Gasteiger partial charge is 0.469 e. The molecule has 0 saturated heterocycles. The Morgan fingerprint density at radius 3 is 2.72 bits per heavy atom. The number of aromatic nitrogens is 1. The summed E-state index contributed by atoms with van der Waals surface area (Å²) in [6.07, 6.45) is 4.92. The maximum absolute atomic E-state index is 13.5. The lowest BCUT2D eigenvalue weighted by molar-refractivity contribution is -0.127. The number of likely N-dealkylation sites (N-methyl/N-ethyl adjacent to an activating group) is 1. The van der Waals surface area contributed by atoms with Crippen molar-refractivity contribution in [3.05, 3.63) is 59.9 Å². The molecule has 0 aliphatic carbocycles. The standard InChI is InChI=1S/C21H26FN5O2/c1-27(2)20(28)14-26-21(24-10-8-17-4-3-11-29-17)23-9-7-15-13-25-19-6-5-16(22)12-18(15)19/h3-6,11-13,25H,7-10,14H2,1-2H3,(H2,23,24,26). The molecule has 1 aromatic carbocycles. The van der Waals surface area contributed by atoms with Crippen molar-refractivity contribution in [3.63, 3.8) is 0 Å². The quantitative estimate of drug-likeness (QED) is 0.401. The van der Waals surface area contributed by atoms with E-state index in [0.29, 0.717) is 31.9 Å². The fourth-order valence-corrected chi connectivity index (χ4v) is 2.89. The Hall–Kier alpha value is -3.29. The van der Waals surface area contributed by atoms with Crippen molar-refractivity contribution in [2.24, 2.45) is 4.99 Å². The van der Waals surface area contributed by atoms with Crippen LogP contribution in [0.3, 0.4) is 0 Å². The zero-order valence-corrected chi connectivity index (χ0v) is 16.7. The minimum absolute atomic E-state index is 0.0569. The maximum atomic E-state index is 13.5. The number of carbonyl (C=O) groups is 1. The van der Waals surface area contributed by atoms with E-state index in [9.17, 15) is 9.18 Å². The fraction of sp³-hybridized carbons (Fsp3) is 0.333. The van der Waals surface area contributed by atoms with Crippen molar-refractivity contribution >= 4 is 22.8 Å². The van der Waals surface area contributed by atoms with Gasteiger partial charge in [-0.05, 0) is 42.3 Å². The summed E-state index contributed by atoms with van der Waals surface area (Å²) in [5.41, 5.74) is 1.93. The number of furan rings is 1. The molecular formula is C21H26FN5O2. The van der Waals surface area contributed by atoms with Crippen LogP contribution >= 0.6 is 0 Å². The first-order chi connectivity index (χ1) is 14.0. The summed E-state index contributed by atoms with van der Waals surface area (Å²) < 4.78 is 18.9. The molecule has 0 aliphatic rings. The van der Waals surface area contributed by atoms with Gasteiger partial charge in [-0.3, -0.25) is 4.79 Å². The van der Waals surface area contributed by atoms with Crippen molar-refractivity contribution in [3.8, 4) is 0 Å². The summed E-state index contributed by atoms with van der Waals surface area (Å²) in [6, 6.07) is 8.47. The number of guanidine groups is 1. The molecule has 0 bridgehead atoms. The lowest BCUT2D eigenvalue weighted by Crippen LogP contribution is -2.40. The van der Waals surface area contributed by atoms with Gasteiger partial charge in [0.25, 0.3) is 0 Å². The third-order valence-electron chi connectivity index (χ3n) is 4.53. The Kier molecular flexibility index (Phi) is 6.89. The third-order valence-corrected chi connectivity index (χ3v) is 4.53. The summed E-state index contributed by atoms with van der Waals surface area (Å²) in [7, 11) is 3.40. The van der Waals surface area contributed by atoms with Crippen LogP contribution in [-0.4, -0.2) is 55.5 Å². The molecule has 154 valence electrons. The monoisotopic (exact) mass is 399 g/mol. The van der Waals surface area contributed by atoms with Crippen LogP contribution in [0.4, 0.5) is 4.39 Å². The van der Waals surface area contributed by atoms with Gasteiger partial charge in [-0.15, -0.1) is 0 Å². The highest BCUT2D eigenvalue weighted by Crippen LogP contribution is 2.19.